The highest BCUT2D eigenvalue weighted by Gasteiger charge is 2.31. The number of amides is 3. The Kier molecular flexibility index (Phi) is 7.17. The fourth-order valence-corrected chi connectivity index (χ4v) is 4.73. The second kappa shape index (κ2) is 10.3. The van der Waals surface area contributed by atoms with Crippen molar-refractivity contribution in [3.63, 3.8) is 0 Å². The Balaban J connectivity index is 1.47. The summed E-state index contributed by atoms with van der Waals surface area (Å²) in [6.07, 6.45) is 1.23. The van der Waals surface area contributed by atoms with E-state index in [9.17, 15) is 14.4 Å². The average Bonchev–Trinajstić information content (AvgIpc) is 3.13. The van der Waals surface area contributed by atoms with Gasteiger partial charge in [0.05, 0.1) is 5.69 Å². The fourth-order valence-electron chi connectivity index (χ4n) is 4.61. The smallest absolute Gasteiger partial charge is 0.258 e. The molecule has 1 unspecified atom stereocenters. The first-order chi connectivity index (χ1) is 16.4. The normalized spacial score (nSPS) is 13.3. The molecule has 0 fully saturated rings. The number of hydrogen-bond donors (Lipinski definition) is 1. The quantitative estimate of drug-likeness (QED) is 0.482. The molecule has 0 aromatic heterocycles. The van der Waals surface area contributed by atoms with Gasteiger partial charge in [-0.15, -0.1) is 0 Å². The van der Waals surface area contributed by atoms with Gasteiger partial charge >= 0.3 is 0 Å². The van der Waals surface area contributed by atoms with Crippen molar-refractivity contribution in [2.75, 3.05) is 18.5 Å². The van der Waals surface area contributed by atoms with Crippen LogP contribution in [-0.2, 0) is 16.1 Å². The summed E-state index contributed by atoms with van der Waals surface area (Å²) >= 11 is 6.00. The van der Waals surface area contributed by atoms with E-state index in [-0.39, 0.29) is 24.1 Å². The van der Waals surface area contributed by atoms with Gasteiger partial charge in [-0.25, -0.2) is 0 Å². The van der Waals surface area contributed by atoms with Crippen LogP contribution in [0.4, 0.5) is 5.69 Å². The molecule has 34 heavy (non-hydrogen) atoms. The molecule has 4 rings (SSSR count). The minimum Gasteiger partial charge on any atom is -0.357 e. The predicted molar refractivity (Wildman–Crippen MR) is 135 cm³/mol. The fraction of sp³-hybridized carbons (Fsp3) is 0.296. The monoisotopic (exact) mass is 477 g/mol. The SMILES string of the molecule is CCC(C(=O)NC)N(Cc1ccc(Cl)cc1)C(=O)CCCN1C(=O)c2cccc3cccc1c23. The summed E-state index contributed by atoms with van der Waals surface area (Å²) < 4.78 is 0. The van der Waals surface area contributed by atoms with Crippen molar-refractivity contribution >= 4 is 45.8 Å². The molecule has 0 bridgehead atoms. The van der Waals surface area contributed by atoms with E-state index in [0.29, 0.717) is 36.5 Å². The van der Waals surface area contributed by atoms with E-state index in [1.54, 1.807) is 29.0 Å². The Morgan fingerprint density at radius 1 is 1.06 bits per heavy atom. The summed E-state index contributed by atoms with van der Waals surface area (Å²) in [4.78, 5) is 42.2. The Morgan fingerprint density at radius 2 is 1.76 bits per heavy atom. The third kappa shape index (κ3) is 4.64. The predicted octanol–water partition coefficient (Wildman–Crippen LogP) is 4.79. The molecule has 176 valence electrons. The molecule has 3 amide bonds. The number of halogens is 1. The second-order valence-electron chi connectivity index (χ2n) is 8.43. The highest BCUT2D eigenvalue weighted by Crippen LogP contribution is 2.37. The van der Waals surface area contributed by atoms with Crippen LogP contribution in [-0.4, -0.2) is 42.3 Å². The lowest BCUT2D eigenvalue weighted by Gasteiger charge is -2.30. The maximum Gasteiger partial charge on any atom is 0.258 e. The van der Waals surface area contributed by atoms with Crippen molar-refractivity contribution < 1.29 is 14.4 Å². The lowest BCUT2D eigenvalue weighted by Crippen LogP contribution is -2.48. The highest BCUT2D eigenvalue weighted by atomic mass is 35.5. The van der Waals surface area contributed by atoms with Crippen LogP contribution in [0.3, 0.4) is 0 Å². The summed E-state index contributed by atoms with van der Waals surface area (Å²) in [6, 6.07) is 18.3. The third-order valence-corrected chi connectivity index (χ3v) is 6.57. The summed E-state index contributed by atoms with van der Waals surface area (Å²) in [5.41, 5.74) is 2.49. The van der Waals surface area contributed by atoms with E-state index in [0.717, 1.165) is 22.0 Å². The maximum atomic E-state index is 13.3. The van der Waals surface area contributed by atoms with Gasteiger partial charge in [0.1, 0.15) is 6.04 Å². The number of hydrogen-bond acceptors (Lipinski definition) is 3. The summed E-state index contributed by atoms with van der Waals surface area (Å²) in [6.45, 7) is 2.64. The van der Waals surface area contributed by atoms with Gasteiger partial charge in [-0.05, 0) is 48.1 Å². The van der Waals surface area contributed by atoms with Gasteiger partial charge in [0.15, 0.2) is 0 Å². The number of carbonyl (C=O) groups is 3. The van der Waals surface area contributed by atoms with E-state index >= 15 is 0 Å². The Bertz CT molecular complexity index is 1220. The number of nitrogens with zero attached hydrogens (tertiary/aromatic N) is 2. The van der Waals surface area contributed by atoms with Crippen LogP contribution in [0.1, 0.15) is 42.1 Å². The van der Waals surface area contributed by atoms with Crippen molar-refractivity contribution in [3.05, 3.63) is 76.8 Å². The molecular weight excluding hydrogens is 450 g/mol. The Morgan fingerprint density at radius 3 is 2.44 bits per heavy atom. The lowest BCUT2D eigenvalue weighted by molar-refractivity contribution is -0.141. The van der Waals surface area contributed by atoms with Gasteiger partial charge in [-0.3, -0.25) is 14.4 Å². The second-order valence-corrected chi connectivity index (χ2v) is 8.86. The minimum atomic E-state index is -0.570. The highest BCUT2D eigenvalue weighted by molar-refractivity contribution is 6.30. The van der Waals surface area contributed by atoms with Crippen LogP contribution in [0, 0.1) is 0 Å². The average molecular weight is 478 g/mol. The lowest BCUT2D eigenvalue weighted by atomic mass is 10.1. The zero-order chi connectivity index (χ0) is 24.2. The van der Waals surface area contributed by atoms with Crippen LogP contribution in [0.2, 0.25) is 5.02 Å². The van der Waals surface area contributed by atoms with Gasteiger partial charge in [0.25, 0.3) is 5.91 Å². The number of nitrogens with one attached hydrogen (secondary N) is 1. The van der Waals surface area contributed by atoms with Crippen LogP contribution in [0.5, 0.6) is 0 Å². The zero-order valence-electron chi connectivity index (χ0n) is 19.4. The summed E-state index contributed by atoms with van der Waals surface area (Å²) in [7, 11) is 1.58. The van der Waals surface area contributed by atoms with E-state index in [1.807, 2.05) is 55.5 Å². The van der Waals surface area contributed by atoms with E-state index in [4.69, 9.17) is 11.6 Å². The van der Waals surface area contributed by atoms with E-state index in [2.05, 4.69) is 5.32 Å². The van der Waals surface area contributed by atoms with Gasteiger partial charge < -0.3 is 15.1 Å². The molecule has 1 aliphatic rings. The molecule has 6 nitrogen and oxygen atoms in total. The topological polar surface area (TPSA) is 69.7 Å². The number of rotatable bonds is 9. The number of likely N-dealkylation sites (N-methyl/N-ethyl adjacent to an activating group) is 1. The van der Waals surface area contributed by atoms with Crippen LogP contribution >= 0.6 is 11.6 Å². The standard InChI is InChI=1S/C27H28ClN3O3/c1-3-22(26(33)29-2)31(17-18-12-14-20(28)15-13-18)24(32)11-6-16-30-23-10-5-8-19-7-4-9-21(25(19)23)27(30)34/h4-5,7-10,12-15,22H,3,6,11,16-17H2,1-2H3,(H,29,33). The molecule has 1 N–H and O–H groups in total. The Hall–Kier alpha value is -3.38. The Labute approximate surface area is 204 Å². The molecule has 1 heterocycles. The number of anilines is 1. The molecule has 0 aliphatic carbocycles. The summed E-state index contributed by atoms with van der Waals surface area (Å²) in [5, 5.41) is 5.29. The molecule has 0 saturated carbocycles. The van der Waals surface area contributed by atoms with Gasteiger partial charge in [0.2, 0.25) is 11.8 Å². The first-order valence-corrected chi connectivity index (χ1v) is 11.9. The van der Waals surface area contributed by atoms with E-state index < -0.39 is 6.04 Å². The van der Waals surface area contributed by atoms with Crippen molar-refractivity contribution in [1.29, 1.82) is 0 Å². The number of carbonyl (C=O) groups excluding carboxylic acids is 3. The first kappa shape index (κ1) is 23.8. The molecule has 1 atom stereocenters. The largest absolute Gasteiger partial charge is 0.357 e. The van der Waals surface area contributed by atoms with Gasteiger partial charge in [-0.1, -0.05) is 54.9 Å². The molecule has 3 aromatic carbocycles. The molecule has 0 radical (unpaired) electrons. The molecule has 1 aliphatic heterocycles. The minimum absolute atomic E-state index is 0.0333. The van der Waals surface area contributed by atoms with Crippen molar-refractivity contribution in [1.82, 2.24) is 10.2 Å². The van der Waals surface area contributed by atoms with Crippen molar-refractivity contribution in [3.8, 4) is 0 Å². The maximum absolute atomic E-state index is 13.3. The molecule has 0 saturated heterocycles. The first-order valence-electron chi connectivity index (χ1n) is 11.5. The van der Waals surface area contributed by atoms with Crippen molar-refractivity contribution in [2.45, 2.75) is 38.8 Å². The van der Waals surface area contributed by atoms with Gasteiger partial charge in [0, 0.05) is 42.5 Å². The van der Waals surface area contributed by atoms with Gasteiger partial charge in [-0.2, -0.15) is 0 Å². The molecule has 0 spiro atoms. The molecular formula is C27H28ClN3O3. The molecule has 7 heteroatoms. The van der Waals surface area contributed by atoms with E-state index in [1.165, 1.54) is 0 Å². The van der Waals surface area contributed by atoms with Crippen molar-refractivity contribution in [2.24, 2.45) is 0 Å². The zero-order valence-corrected chi connectivity index (χ0v) is 20.1. The van der Waals surface area contributed by atoms with Crippen LogP contribution < -0.4 is 10.2 Å². The third-order valence-electron chi connectivity index (χ3n) is 6.32. The van der Waals surface area contributed by atoms with Crippen LogP contribution in [0.15, 0.2) is 60.7 Å². The van der Waals surface area contributed by atoms with Crippen LogP contribution in [0.25, 0.3) is 10.8 Å². The summed E-state index contributed by atoms with van der Waals surface area (Å²) in [5.74, 6) is -0.344. The molecule has 3 aromatic rings. The number of benzene rings is 3.